The smallest absolute Gasteiger partial charge is 0.261 e. The van der Waals surface area contributed by atoms with Gasteiger partial charge in [0.05, 0.1) is 40.6 Å². The first-order valence-electron chi connectivity index (χ1n) is 21.5. The van der Waals surface area contributed by atoms with Gasteiger partial charge in [-0.1, -0.05) is 118 Å². The summed E-state index contributed by atoms with van der Waals surface area (Å²) in [4.78, 5) is 13.3. The van der Waals surface area contributed by atoms with E-state index in [-0.39, 0.29) is 31.5 Å². The SMILES string of the molecule is COc1ccc(COc2cc(C=O)c(-c3c(OCc4ccc(OC)cc4)cc(CO[Si](c4ccccc4)(c4ccccc4)C(C)(C)C)cc3OCc3ccc(OC)cc3)c(OC)c2)cc1. The second-order valence-corrected chi connectivity index (χ2v) is 20.8. The van der Waals surface area contributed by atoms with Gasteiger partial charge in [-0.15, -0.1) is 0 Å². The minimum absolute atomic E-state index is 0.204. The van der Waals surface area contributed by atoms with Crippen LogP contribution in [0.5, 0.6) is 40.2 Å². The normalized spacial score (nSPS) is 11.4. The van der Waals surface area contributed by atoms with E-state index in [0.29, 0.717) is 39.7 Å². The molecule has 0 saturated heterocycles. The van der Waals surface area contributed by atoms with E-state index in [4.69, 9.17) is 37.6 Å². The number of methoxy groups -OCH3 is 4. The van der Waals surface area contributed by atoms with Crippen LogP contribution < -0.4 is 43.5 Å². The maximum atomic E-state index is 13.3. The lowest BCUT2D eigenvalue weighted by Gasteiger charge is -2.43. The van der Waals surface area contributed by atoms with Gasteiger partial charge in [-0.3, -0.25) is 4.79 Å². The molecule has 0 atom stereocenters. The van der Waals surface area contributed by atoms with Crippen LogP contribution in [0.15, 0.2) is 158 Å². The van der Waals surface area contributed by atoms with E-state index in [9.17, 15) is 4.79 Å². The van der Waals surface area contributed by atoms with Crippen molar-refractivity contribution in [3.05, 3.63) is 186 Å². The lowest BCUT2D eigenvalue weighted by atomic mass is 9.95. The molecule has 7 aromatic carbocycles. The van der Waals surface area contributed by atoms with Crippen LogP contribution in [-0.4, -0.2) is 43.0 Å². The summed E-state index contributed by atoms with van der Waals surface area (Å²) < 4.78 is 49.7. The minimum Gasteiger partial charge on any atom is -0.497 e. The third kappa shape index (κ3) is 10.7. The number of carbonyl (C=O) groups excluding carboxylic acids is 1. The Bertz CT molecular complexity index is 2510. The highest BCUT2D eigenvalue weighted by Crippen LogP contribution is 2.48. The number of ether oxygens (including phenoxy) is 7. The maximum Gasteiger partial charge on any atom is 0.261 e. The Morgan fingerprint density at radius 1 is 0.431 bits per heavy atom. The molecule has 0 heterocycles. The highest BCUT2D eigenvalue weighted by Gasteiger charge is 2.50. The lowest BCUT2D eigenvalue weighted by molar-refractivity contribution is 0.112. The zero-order valence-corrected chi connectivity index (χ0v) is 39.1. The quantitative estimate of drug-likeness (QED) is 0.0548. The van der Waals surface area contributed by atoms with E-state index < -0.39 is 8.32 Å². The van der Waals surface area contributed by atoms with Crippen LogP contribution >= 0.6 is 0 Å². The van der Waals surface area contributed by atoms with Crippen molar-refractivity contribution in [2.75, 3.05) is 28.4 Å². The fraction of sp³-hybridized carbons (Fsp3) is 0.218. The van der Waals surface area contributed by atoms with Gasteiger partial charge in [-0.05, 0) is 92.3 Å². The molecule has 0 aromatic heterocycles. The van der Waals surface area contributed by atoms with Gasteiger partial charge in [-0.25, -0.2) is 0 Å². The first kappa shape index (κ1) is 46.0. The summed E-state index contributed by atoms with van der Waals surface area (Å²) in [5.41, 5.74) is 4.94. The lowest BCUT2D eigenvalue weighted by Crippen LogP contribution is -2.66. The highest BCUT2D eigenvalue weighted by atomic mass is 28.4. The average Bonchev–Trinajstić information content (AvgIpc) is 3.35. The Kier molecular flexibility index (Phi) is 14.9. The molecule has 0 bridgehead atoms. The molecule has 0 aliphatic rings. The molecule has 7 rings (SSSR count). The zero-order chi connectivity index (χ0) is 45.8. The number of aldehydes is 1. The summed E-state index contributed by atoms with van der Waals surface area (Å²) in [5.74, 6) is 4.03. The molecule has 7 aromatic rings. The molecule has 334 valence electrons. The van der Waals surface area contributed by atoms with E-state index >= 15 is 0 Å². The number of hydrogen-bond acceptors (Lipinski definition) is 9. The van der Waals surface area contributed by atoms with Crippen LogP contribution in [-0.2, 0) is 30.9 Å². The topological polar surface area (TPSA) is 90.9 Å². The van der Waals surface area contributed by atoms with Crippen molar-refractivity contribution in [2.45, 2.75) is 52.2 Å². The zero-order valence-electron chi connectivity index (χ0n) is 38.1. The van der Waals surface area contributed by atoms with E-state index in [1.54, 1.807) is 40.6 Å². The van der Waals surface area contributed by atoms with E-state index in [0.717, 1.165) is 56.2 Å². The summed E-state index contributed by atoms with van der Waals surface area (Å²) in [6.07, 6.45) is 0.804. The molecular weight excluding hydrogens is 833 g/mol. The van der Waals surface area contributed by atoms with Crippen LogP contribution in [0.25, 0.3) is 11.1 Å². The van der Waals surface area contributed by atoms with E-state index in [1.807, 2.05) is 97.1 Å². The standard InChI is InChI=1S/C55H56O9Si/c1-55(2,3)65(48-14-10-8-11-15-48,49-16-12-9-13-17-49)64-38-42-30-51(62-36-40-20-26-45(58-5)27-21-40)54(52(31-42)63-37-41-22-28-46(59-6)29-23-41)53-43(34-56)32-47(33-50(53)60-7)61-35-39-18-24-44(57-4)25-19-39/h8-34H,35-38H2,1-7H3. The van der Waals surface area contributed by atoms with Crippen molar-refractivity contribution < 1.29 is 42.4 Å². The van der Waals surface area contributed by atoms with Crippen molar-refractivity contribution >= 4 is 25.0 Å². The Morgan fingerprint density at radius 2 is 0.862 bits per heavy atom. The molecule has 0 aliphatic heterocycles. The number of benzene rings is 7. The Balaban J connectivity index is 1.37. The summed E-state index contributed by atoms with van der Waals surface area (Å²) in [6, 6.07) is 51.6. The predicted octanol–water partition coefficient (Wildman–Crippen LogP) is 11.0. The monoisotopic (exact) mass is 888 g/mol. The summed E-state index contributed by atoms with van der Waals surface area (Å²) in [5, 5.41) is 2.06. The Morgan fingerprint density at radius 3 is 1.25 bits per heavy atom. The minimum atomic E-state index is -2.97. The van der Waals surface area contributed by atoms with Crippen LogP contribution in [0, 0.1) is 0 Å². The molecule has 0 amide bonds. The van der Waals surface area contributed by atoms with Gasteiger partial charge in [0.25, 0.3) is 8.32 Å². The average molecular weight is 889 g/mol. The number of hydrogen-bond donors (Lipinski definition) is 0. The first-order valence-corrected chi connectivity index (χ1v) is 23.4. The molecular formula is C55H56O9Si. The van der Waals surface area contributed by atoms with Crippen molar-refractivity contribution in [1.82, 2.24) is 0 Å². The van der Waals surface area contributed by atoms with Crippen LogP contribution in [0.1, 0.15) is 53.4 Å². The molecule has 0 aliphatic carbocycles. The van der Waals surface area contributed by atoms with Gasteiger partial charge < -0.3 is 37.6 Å². The molecule has 10 heteroatoms. The van der Waals surface area contributed by atoms with Crippen molar-refractivity contribution in [3.63, 3.8) is 0 Å². The third-order valence-corrected chi connectivity index (χ3v) is 16.4. The summed E-state index contributed by atoms with van der Waals surface area (Å²) >= 11 is 0. The van der Waals surface area contributed by atoms with Crippen molar-refractivity contribution in [2.24, 2.45) is 0 Å². The molecule has 0 unspecified atom stereocenters. The fourth-order valence-electron chi connectivity index (χ4n) is 8.02. The Hall–Kier alpha value is -7.01. The van der Waals surface area contributed by atoms with Crippen LogP contribution in [0.2, 0.25) is 5.04 Å². The summed E-state index contributed by atoms with van der Waals surface area (Å²) in [7, 11) is 3.51. The number of rotatable bonds is 20. The largest absolute Gasteiger partial charge is 0.497 e. The van der Waals surface area contributed by atoms with E-state index in [1.165, 1.54) is 0 Å². The molecule has 9 nitrogen and oxygen atoms in total. The first-order chi connectivity index (χ1) is 31.6. The summed E-state index contributed by atoms with van der Waals surface area (Å²) in [6.45, 7) is 7.68. The van der Waals surface area contributed by atoms with E-state index in [2.05, 4.69) is 69.3 Å². The van der Waals surface area contributed by atoms with Gasteiger partial charge in [-0.2, -0.15) is 0 Å². The highest BCUT2D eigenvalue weighted by molar-refractivity contribution is 6.99. The molecule has 0 saturated carbocycles. The second-order valence-electron chi connectivity index (χ2n) is 16.5. The Labute approximate surface area is 383 Å². The second kappa shape index (κ2) is 21.1. The molecule has 0 fully saturated rings. The van der Waals surface area contributed by atoms with Gasteiger partial charge in [0, 0.05) is 17.2 Å². The molecule has 0 N–H and O–H groups in total. The maximum absolute atomic E-state index is 13.3. The molecule has 0 spiro atoms. The van der Waals surface area contributed by atoms with Crippen molar-refractivity contribution in [3.8, 4) is 51.4 Å². The van der Waals surface area contributed by atoms with Crippen LogP contribution in [0.4, 0.5) is 0 Å². The van der Waals surface area contributed by atoms with Gasteiger partial charge in [0.2, 0.25) is 0 Å². The van der Waals surface area contributed by atoms with Gasteiger partial charge in [0.1, 0.15) is 60.1 Å². The van der Waals surface area contributed by atoms with Crippen molar-refractivity contribution in [1.29, 1.82) is 0 Å². The number of carbonyl (C=O) groups is 1. The van der Waals surface area contributed by atoms with Gasteiger partial charge >= 0.3 is 0 Å². The fourth-order valence-corrected chi connectivity index (χ4v) is 12.6. The molecule has 65 heavy (non-hydrogen) atoms. The molecule has 0 radical (unpaired) electrons. The van der Waals surface area contributed by atoms with Gasteiger partial charge in [0.15, 0.2) is 6.29 Å². The predicted molar refractivity (Wildman–Crippen MR) is 258 cm³/mol. The van der Waals surface area contributed by atoms with Crippen LogP contribution in [0.3, 0.4) is 0 Å². The third-order valence-electron chi connectivity index (χ3n) is 11.4.